The van der Waals surface area contributed by atoms with Crippen LogP contribution in [0.25, 0.3) is 67.5 Å². The van der Waals surface area contributed by atoms with Gasteiger partial charge in [-0.3, -0.25) is 4.98 Å². The van der Waals surface area contributed by atoms with E-state index in [0.29, 0.717) is 22.9 Å². The van der Waals surface area contributed by atoms with Crippen LogP contribution in [-0.4, -0.2) is 29.3 Å². The fourth-order valence-corrected chi connectivity index (χ4v) is 7.32. The van der Waals surface area contributed by atoms with Crippen molar-refractivity contribution in [3.63, 3.8) is 0 Å². The zero-order valence-electron chi connectivity index (χ0n) is 33.7. The Hall–Kier alpha value is -6.72. The van der Waals surface area contributed by atoms with Crippen molar-refractivity contribution in [3.05, 3.63) is 180 Å². The first kappa shape index (κ1) is 40.5. The van der Waals surface area contributed by atoms with Gasteiger partial charge in [-0.1, -0.05) is 112 Å². The molecule has 9 aromatic rings. The molecule has 0 amide bonds. The second kappa shape index (κ2) is 17.0. The molecule has 59 heavy (non-hydrogen) atoms. The van der Waals surface area contributed by atoms with Gasteiger partial charge in [-0.2, -0.15) is 10.4 Å². The minimum absolute atomic E-state index is 0. The van der Waals surface area contributed by atoms with Crippen LogP contribution >= 0.6 is 0 Å². The summed E-state index contributed by atoms with van der Waals surface area (Å²) in [4.78, 5) is 8.99. The van der Waals surface area contributed by atoms with Gasteiger partial charge in [0.05, 0.1) is 29.0 Å². The van der Waals surface area contributed by atoms with Gasteiger partial charge in [-0.25, -0.2) is 4.98 Å². The van der Waals surface area contributed by atoms with Gasteiger partial charge in [-0.05, 0) is 52.6 Å². The van der Waals surface area contributed by atoms with E-state index < -0.39 is 0 Å². The predicted molar refractivity (Wildman–Crippen MR) is 230 cm³/mol. The van der Waals surface area contributed by atoms with Crippen LogP contribution in [-0.2, 0) is 25.5 Å². The van der Waals surface area contributed by atoms with Crippen LogP contribution in [0.15, 0.2) is 144 Å². The maximum absolute atomic E-state index is 9.15. The van der Waals surface area contributed by atoms with Crippen LogP contribution in [0.5, 0.6) is 0 Å². The minimum Gasteiger partial charge on any atom is -0.488 e. The monoisotopic (exact) mass is 948 g/mol. The summed E-state index contributed by atoms with van der Waals surface area (Å²) < 4.78 is 9.75. The standard InChI is InChI=1S/C28H19N4O.C22H22N3.Ir/c1-19-30-25-17-22(15-16-26(25)33-19)28-31-29-18-32(28)27-23(20-9-4-2-5-10-20)13-8-14-24(27)21-11-6-3-7-12-21;1-15-11-19(22(3,4)5)12-16(2)20(15)25-10-9-24-21(25)18-8-6-7-17(13-18)14-23;/h2-14,16-18H,1H3;6-7,9-13H,1-5H3;/q2*-1;. The Bertz CT molecular complexity index is 2850. The minimum atomic E-state index is 0. The number of oxazole rings is 1. The van der Waals surface area contributed by atoms with Gasteiger partial charge >= 0.3 is 0 Å². The fraction of sp³-hybridized carbons (Fsp3) is 0.140. The number of aromatic nitrogens is 6. The number of nitrogens with zero attached hydrogens (tertiary/aromatic N) is 7. The smallest absolute Gasteiger partial charge is 0.180 e. The molecule has 0 saturated carbocycles. The first-order chi connectivity index (χ1) is 28.1. The molecule has 0 N–H and O–H groups in total. The summed E-state index contributed by atoms with van der Waals surface area (Å²) in [5.74, 6) is 2.11. The van der Waals surface area contributed by atoms with Crippen LogP contribution in [0.3, 0.4) is 0 Å². The van der Waals surface area contributed by atoms with Gasteiger partial charge in [0.15, 0.2) is 5.89 Å². The van der Waals surface area contributed by atoms with E-state index >= 15 is 0 Å². The summed E-state index contributed by atoms with van der Waals surface area (Å²) in [6.45, 7) is 12.8. The summed E-state index contributed by atoms with van der Waals surface area (Å²) in [6.07, 6.45) is 5.52. The molecular formula is C50H41IrN7O-2. The number of benzene rings is 6. The molecule has 0 spiro atoms. The first-order valence-corrected chi connectivity index (χ1v) is 19.1. The van der Waals surface area contributed by atoms with Crippen molar-refractivity contribution in [1.29, 1.82) is 5.26 Å². The first-order valence-electron chi connectivity index (χ1n) is 19.1. The number of nitriles is 1. The Labute approximate surface area is 358 Å². The van der Waals surface area contributed by atoms with E-state index in [1.165, 1.54) is 16.7 Å². The Kier molecular flexibility index (Phi) is 11.7. The second-order valence-electron chi connectivity index (χ2n) is 15.2. The Morgan fingerprint density at radius 1 is 0.712 bits per heavy atom. The molecule has 0 saturated heterocycles. The Balaban J connectivity index is 0.000000183. The molecule has 0 aliphatic rings. The molecule has 0 unspecified atom stereocenters. The molecule has 0 aliphatic carbocycles. The van der Waals surface area contributed by atoms with E-state index in [4.69, 9.17) is 9.68 Å². The van der Waals surface area contributed by atoms with Crippen LogP contribution in [0.1, 0.15) is 48.9 Å². The fourth-order valence-electron chi connectivity index (χ4n) is 7.32. The molecule has 3 aromatic heterocycles. The number of hydrogen-bond donors (Lipinski definition) is 0. The largest absolute Gasteiger partial charge is 0.488 e. The summed E-state index contributed by atoms with van der Waals surface area (Å²) in [5, 5.41) is 17.9. The van der Waals surface area contributed by atoms with Crippen LogP contribution in [0.4, 0.5) is 0 Å². The van der Waals surface area contributed by atoms with Crippen molar-refractivity contribution < 1.29 is 24.5 Å². The number of imidazole rings is 1. The maximum atomic E-state index is 9.15. The molecule has 8 nitrogen and oxygen atoms in total. The van der Waals surface area contributed by atoms with E-state index in [1.54, 1.807) is 24.7 Å². The molecule has 0 aliphatic heterocycles. The number of rotatable bonds is 6. The Morgan fingerprint density at radius 2 is 1.36 bits per heavy atom. The average molecular weight is 948 g/mol. The number of fused-ring (bicyclic) bond motifs is 1. The third-order valence-electron chi connectivity index (χ3n) is 10.1. The van der Waals surface area contributed by atoms with Crippen molar-refractivity contribution in [2.75, 3.05) is 0 Å². The zero-order chi connectivity index (χ0) is 40.4. The average Bonchev–Trinajstić information content (AvgIpc) is 4.01. The molecule has 9 heteroatoms. The van der Waals surface area contributed by atoms with E-state index in [9.17, 15) is 0 Å². The van der Waals surface area contributed by atoms with Gasteiger partial charge in [0, 0.05) is 61.8 Å². The molecule has 9 rings (SSSR count). The van der Waals surface area contributed by atoms with Gasteiger partial charge in [0.1, 0.15) is 6.33 Å². The molecule has 1 radical (unpaired) electrons. The zero-order valence-corrected chi connectivity index (χ0v) is 36.0. The molecule has 0 bridgehead atoms. The number of hydrogen-bond acceptors (Lipinski definition) is 6. The van der Waals surface area contributed by atoms with E-state index in [2.05, 4.69) is 156 Å². The molecule has 0 atom stereocenters. The normalized spacial score (nSPS) is 11.1. The van der Waals surface area contributed by atoms with Crippen LogP contribution in [0.2, 0.25) is 0 Å². The summed E-state index contributed by atoms with van der Waals surface area (Å²) in [7, 11) is 0. The van der Waals surface area contributed by atoms with Crippen molar-refractivity contribution in [2.45, 2.75) is 47.0 Å². The van der Waals surface area contributed by atoms with Gasteiger partial charge in [-0.15, -0.1) is 58.7 Å². The molecule has 293 valence electrons. The van der Waals surface area contributed by atoms with Crippen LogP contribution < -0.4 is 0 Å². The second-order valence-corrected chi connectivity index (χ2v) is 15.2. The predicted octanol–water partition coefficient (Wildman–Crippen LogP) is 11.6. The third kappa shape index (κ3) is 8.33. The molecular weight excluding hydrogens is 907 g/mol. The summed E-state index contributed by atoms with van der Waals surface area (Å²) in [5.41, 5.74) is 14.1. The third-order valence-corrected chi connectivity index (χ3v) is 10.1. The number of para-hydroxylation sites is 1. The molecule has 3 heterocycles. The van der Waals surface area contributed by atoms with Crippen molar-refractivity contribution in [2.24, 2.45) is 0 Å². The Morgan fingerprint density at radius 3 is 1.98 bits per heavy atom. The van der Waals surface area contributed by atoms with Crippen molar-refractivity contribution in [3.8, 4) is 62.5 Å². The van der Waals surface area contributed by atoms with Gasteiger partial charge < -0.3 is 13.6 Å². The molecule has 0 fully saturated rings. The van der Waals surface area contributed by atoms with Crippen molar-refractivity contribution in [1.82, 2.24) is 29.3 Å². The van der Waals surface area contributed by atoms with Gasteiger partial charge in [0.2, 0.25) is 0 Å². The van der Waals surface area contributed by atoms with E-state index in [-0.39, 0.29) is 25.5 Å². The molecule has 6 aromatic carbocycles. The summed E-state index contributed by atoms with van der Waals surface area (Å²) in [6, 6.07) is 49.4. The maximum Gasteiger partial charge on any atom is 0.180 e. The van der Waals surface area contributed by atoms with Crippen LogP contribution in [0, 0.1) is 44.2 Å². The topological polar surface area (TPSA) is 98.4 Å². The van der Waals surface area contributed by atoms with Gasteiger partial charge in [0.25, 0.3) is 0 Å². The quantitative estimate of drug-likeness (QED) is 0.154. The summed E-state index contributed by atoms with van der Waals surface area (Å²) >= 11 is 0. The SMILES string of the molecule is Cc1cc(C(C)(C)C)cc(C)c1-n1ccnc1-c1[c-]ccc(C#N)c1.Cc1nc2cc(-c3nncn3-c3c(-c4ccccc4)cccc3-c3ccccc3)[c-]cc2o1.[Ir]. The van der Waals surface area contributed by atoms with E-state index in [1.807, 2.05) is 48.0 Å². The number of aryl methyl sites for hydroxylation is 3. The van der Waals surface area contributed by atoms with Crippen molar-refractivity contribution >= 4 is 11.1 Å². The van der Waals surface area contributed by atoms with E-state index in [0.717, 1.165) is 56.1 Å².